The van der Waals surface area contributed by atoms with Crippen molar-refractivity contribution in [3.05, 3.63) is 51.0 Å². The molecule has 2 aromatic rings. The third kappa shape index (κ3) is 3.88. The van der Waals surface area contributed by atoms with E-state index in [1.54, 1.807) is 24.3 Å². The summed E-state index contributed by atoms with van der Waals surface area (Å²) in [5.74, 6) is 0.554. The molecule has 0 saturated carbocycles. The van der Waals surface area contributed by atoms with Gasteiger partial charge in [0.05, 0.1) is 22.3 Å². The Morgan fingerprint density at radius 3 is 2.43 bits per heavy atom. The second kappa shape index (κ2) is 7.12. The first-order valence-corrected chi connectivity index (χ1v) is 7.48. The van der Waals surface area contributed by atoms with Gasteiger partial charge in [0.15, 0.2) is 11.5 Å². The van der Waals surface area contributed by atoms with Crippen LogP contribution in [0.1, 0.15) is 12.5 Å². The van der Waals surface area contributed by atoms with Crippen LogP contribution in [0.4, 0.5) is 5.69 Å². The van der Waals surface area contributed by atoms with Crippen molar-refractivity contribution in [2.75, 3.05) is 11.9 Å². The molecule has 2 rings (SSSR count). The smallest absolute Gasteiger partial charge is 0.162 e. The van der Waals surface area contributed by atoms with E-state index in [2.05, 4.69) is 5.32 Å². The van der Waals surface area contributed by atoms with Crippen molar-refractivity contribution in [3.63, 3.8) is 0 Å². The molecular formula is C15H14Cl3NO2. The molecule has 0 atom stereocenters. The molecule has 0 aromatic heterocycles. The molecule has 112 valence electrons. The molecule has 3 nitrogen and oxygen atoms in total. The second-order valence-electron chi connectivity index (χ2n) is 4.29. The number of anilines is 1. The minimum atomic E-state index is 0.105. The van der Waals surface area contributed by atoms with Crippen LogP contribution in [0, 0.1) is 0 Å². The van der Waals surface area contributed by atoms with E-state index < -0.39 is 0 Å². The van der Waals surface area contributed by atoms with Gasteiger partial charge in [-0.25, -0.2) is 0 Å². The lowest BCUT2D eigenvalue weighted by Crippen LogP contribution is -2.02. The number of benzene rings is 2. The predicted molar refractivity (Wildman–Crippen MR) is 88.1 cm³/mol. The van der Waals surface area contributed by atoms with Gasteiger partial charge in [-0.2, -0.15) is 0 Å². The molecule has 21 heavy (non-hydrogen) atoms. The second-order valence-corrected chi connectivity index (χ2v) is 5.55. The molecular weight excluding hydrogens is 333 g/mol. The number of ether oxygens (including phenoxy) is 1. The number of hydrogen-bond acceptors (Lipinski definition) is 3. The van der Waals surface area contributed by atoms with Gasteiger partial charge in [-0.3, -0.25) is 0 Å². The first-order valence-electron chi connectivity index (χ1n) is 6.35. The Balaban J connectivity index is 2.19. The molecule has 0 fully saturated rings. The van der Waals surface area contributed by atoms with Gasteiger partial charge >= 0.3 is 0 Å². The standard InChI is InChI=1S/C15H14Cl3NO2/c1-2-21-13-5-3-4-9(15(13)20)8-19-14-11(17)6-10(16)7-12(14)18/h3-7,19-20H,2,8H2,1H3. The molecule has 2 N–H and O–H groups in total. The van der Waals surface area contributed by atoms with Crippen LogP contribution in [0.5, 0.6) is 11.5 Å². The van der Waals surface area contributed by atoms with Gasteiger partial charge in [-0.1, -0.05) is 46.9 Å². The molecule has 6 heteroatoms. The Hall–Kier alpha value is -1.29. The molecule has 0 spiro atoms. The van der Waals surface area contributed by atoms with Crippen molar-refractivity contribution in [2.45, 2.75) is 13.5 Å². The quantitative estimate of drug-likeness (QED) is 0.765. The number of hydrogen-bond donors (Lipinski definition) is 2. The topological polar surface area (TPSA) is 41.5 Å². The SMILES string of the molecule is CCOc1cccc(CNc2c(Cl)cc(Cl)cc2Cl)c1O. The van der Waals surface area contributed by atoms with Gasteiger partial charge in [0.25, 0.3) is 0 Å². The molecule has 0 saturated heterocycles. The minimum absolute atomic E-state index is 0.105. The number of nitrogens with one attached hydrogen (secondary N) is 1. The van der Waals surface area contributed by atoms with Gasteiger partial charge < -0.3 is 15.2 Å². The number of phenolic OH excluding ortho intramolecular Hbond substituents is 1. The molecule has 0 amide bonds. The highest BCUT2D eigenvalue weighted by molar-refractivity contribution is 6.41. The van der Waals surface area contributed by atoms with Crippen LogP contribution >= 0.6 is 34.8 Å². The summed E-state index contributed by atoms with van der Waals surface area (Å²) in [7, 11) is 0. The summed E-state index contributed by atoms with van der Waals surface area (Å²) in [6.07, 6.45) is 0. The van der Waals surface area contributed by atoms with Gasteiger partial charge in [-0.15, -0.1) is 0 Å². The average molecular weight is 347 g/mol. The molecule has 0 unspecified atom stereocenters. The van der Waals surface area contributed by atoms with Crippen LogP contribution in [0.3, 0.4) is 0 Å². The van der Waals surface area contributed by atoms with E-state index in [4.69, 9.17) is 39.5 Å². The van der Waals surface area contributed by atoms with E-state index >= 15 is 0 Å². The monoisotopic (exact) mass is 345 g/mol. The third-order valence-corrected chi connectivity index (χ3v) is 3.66. The van der Waals surface area contributed by atoms with E-state index in [0.717, 1.165) is 0 Å². The number of rotatable bonds is 5. The maximum Gasteiger partial charge on any atom is 0.162 e. The Bertz CT molecular complexity index is 624. The van der Waals surface area contributed by atoms with Gasteiger partial charge in [0, 0.05) is 17.1 Å². The van der Waals surface area contributed by atoms with Gasteiger partial charge in [0.2, 0.25) is 0 Å². The molecule has 0 aliphatic rings. The highest BCUT2D eigenvalue weighted by Crippen LogP contribution is 2.35. The summed E-state index contributed by atoms with van der Waals surface area (Å²) in [5.41, 5.74) is 1.26. The lowest BCUT2D eigenvalue weighted by atomic mass is 10.2. The zero-order valence-electron chi connectivity index (χ0n) is 11.3. The molecule has 0 radical (unpaired) electrons. The van der Waals surface area contributed by atoms with Crippen LogP contribution in [0.2, 0.25) is 15.1 Å². The van der Waals surface area contributed by atoms with Crippen molar-refractivity contribution in [1.82, 2.24) is 0 Å². The van der Waals surface area contributed by atoms with Gasteiger partial charge in [-0.05, 0) is 25.1 Å². The summed E-state index contributed by atoms with van der Waals surface area (Å²) >= 11 is 18.1. The molecule has 0 bridgehead atoms. The fraction of sp³-hybridized carbons (Fsp3) is 0.200. The Labute approximate surface area is 138 Å². The zero-order valence-corrected chi connectivity index (χ0v) is 13.6. The third-order valence-electron chi connectivity index (χ3n) is 2.84. The van der Waals surface area contributed by atoms with Crippen LogP contribution in [0.15, 0.2) is 30.3 Å². The van der Waals surface area contributed by atoms with Crippen LogP contribution < -0.4 is 10.1 Å². The molecule has 0 aliphatic heterocycles. The first kappa shape index (κ1) is 16.1. The Morgan fingerprint density at radius 1 is 1.14 bits per heavy atom. The average Bonchev–Trinajstić information content (AvgIpc) is 2.41. The van der Waals surface area contributed by atoms with E-state index in [-0.39, 0.29) is 5.75 Å². The number of phenols is 1. The van der Waals surface area contributed by atoms with E-state index in [9.17, 15) is 5.11 Å². The number of aromatic hydroxyl groups is 1. The van der Waals surface area contributed by atoms with Crippen molar-refractivity contribution in [2.24, 2.45) is 0 Å². The molecule has 0 aliphatic carbocycles. The maximum atomic E-state index is 10.1. The molecule has 2 aromatic carbocycles. The highest BCUT2D eigenvalue weighted by atomic mass is 35.5. The fourth-order valence-electron chi connectivity index (χ4n) is 1.88. The Morgan fingerprint density at radius 2 is 1.81 bits per heavy atom. The van der Waals surface area contributed by atoms with E-state index in [1.165, 1.54) is 0 Å². The Kier molecular flexibility index (Phi) is 5.45. The van der Waals surface area contributed by atoms with E-state index in [1.807, 2.05) is 13.0 Å². The minimum Gasteiger partial charge on any atom is -0.504 e. The van der Waals surface area contributed by atoms with Crippen LogP contribution in [-0.2, 0) is 6.54 Å². The zero-order chi connectivity index (χ0) is 15.4. The van der Waals surface area contributed by atoms with Crippen LogP contribution in [0.25, 0.3) is 0 Å². The van der Waals surface area contributed by atoms with Crippen molar-refractivity contribution in [3.8, 4) is 11.5 Å². The summed E-state index contributed by atoms with van der Waals surface area (Å²) < 4.78 is 5.35. The van der Waals surface area contributed by atoms with Crippen molar-refractivity contribution < 1.29 is 9.84 Å². The first-order chi connectivity index (χ1) is 10.0. The largest absolute Gasteiger partial charge is 0.504 e. The molecule has 0 heterocycles. The van der Waals surface area contributed by atoms with Crippen molar-refractivity contribution in [1.29, 1.82) is 0 Å². The normalized spacial score (nSPS) is 10.5. The summed E-state index contributed by atoms with van der Waals surface area (Å²) in [6, 6.07) is 8.53. The number of para-hydroxylation sites is 1. The summed E-state index contributed by atoms with van der Waals surface area (Å²) in [5, 5.41) is 14.5. The summed E-state index contributed by atoms with van der Waals surface area (Å²) in [4.78, 5) is 0. The summed E-state index contributed by atoms with van der Waals surface area (Å²) in [6.45, 7) is 2.70. The maximum absolute atomic E-state index is 10.1. The van der Waals surface area contributed by atoms with Crippen molar-refractivity contribution >= 4 is 40.5 Å². The number of halogens is 3. The van der Waals surface area contributed by atoms with E-state index in [0.29, 0.717) is 45.2 Å². The predicted octanol–water partition coefficient (Wildman–Crippen LogP) is 5.36. The van der Waals surface area contributed by atoms with Crippen LogP contribution in [-0.4, -0.2) is 11.7 Å². The van der Waals surface area contributed by atoms with Gasteiger partial charge in [0.1, 0.15) is 0 Å². The highest BCUT2D eigenvalue weighted by Gasteiger charge is 2.11. The lowest BCUT2D eigenvalue weighted by Gasteiger charge is -2.13. The lowest BCUT2D eigenvalue weighted by molar-refractivity contribution is 0.317. The fourth-order valence-corrected chi connectivity index (χ4v) is 2.83.